The van der Waals surface area contributed by atoms with E-state index in [0.717, 1.165) is 6.42 Å². The molecule has 0 aromatic heterocycles. The van der Waals surface area contributed by atoms with Crippen molar-refractivity contribution in [3.63, 3.8) is 0 Å². The smallest absolute Gasteiger partial charge is 0.170 e. The van der Waals surface area contributed by atoms with Crippen LogP contribution in [0, 0.1) is 5.41 Å². The molecule has 1 aliphatic carbocycles. The molecule has 0 aromatic carbocycles. The van der Waals surface area contributed by atoms with Gasteiger partial charge < -0.3 is 5.11 Å². The molecule has 3 nitrogen and oxygen atoms in total. The third-order valence-electron chi connectivity index (χ3n) is 2.61. The summed E-state index contributed by atoms with van der Waals surface area (Å²) in [6.45, 7) is 5.70. The van der Waals surface area contributed by atoms with Crippen LogP contribution in [0.5, 0.6) is 0 Å². The van der Waals surface area contributed by atoms with Gasteiger partial charge in [0.1, 0.15) is 5.76 Å². The topological polar surface area (TPSA) is 54.4 Å². The lowest BCUT2D eigenvalue weighted by Gasteiger charge is -2.28. The molecule has 0 aliphatic heterocycles. The van der Waals surface area contributed by atoms with Crippen LogP contribution in [0.25, 0.3) is 0 Å². The fraction of sp³-hybridized carbons (Fsp3) is 0.667. The minimum atomic E-state index is -0.260. The third-order valence-corrected chi connectivity index (χ3v) is 2.61. The minimum Gasteiger partial charge on any atom is -0.511 e. The van der Waals surface area contributed by atoms with E-state index >= 15 is 0 Å². The normalized spacial score (nSPS) is 20.6. The quantitative estimate of drug-likeness (QED) is 0.433. The van der Waals surface area contributed by atoms with Crippen molar-refractivity contribution in [3.8, 4) is 0 Å². The van der Waals surface area contributed by atoms with E-state index in [1.165, 1.54) is 0 Å². The number of carbonyl (C=O) groups is 2. The molecule has 0 amide bonds. The molecule has 0 saturated heterocycles. The molecule has 0 spiro atoms. The van der Waals surface area contributed by atoms with Gasteiger partial charge in [-0.15, -0.1) is 0 Å². The molecule has 1 aliphatic rings. The Bertz CT molecular complexity index is 302. The van der Waals surface area contributed by atoms with Gasteiger partial charge in [0.2, 0.25) is 0 Å². The highest BCUT2D eigenvalue weighted by atomic mass is 16.3. The van der Waals surface area contributed by atoms with Crippen molar-refractivity contribution in [1.82, 2.24) is 0 Å². The zero-order valence-corrected chi connectivity index (χ0v) is 9.59. The fourth-order valence-corrected chi connectivity index (χ4v) is 1.95. The predicted octanol–water partition coefficient (Wildman–Crippen LogP) is 2.56. The van der Waals surface area contributed by atoms with E-state index in [4.69, 9.17) is 0 Å². The van der Waals surface area contributed by atoms with E-state index in [9.17, 15) is 14.7 Å². The van der Waals surface area contributed by atoms with Crippen LogP contribution >= 0.6 is 0 Å². The molecule has 1 fully saturated rings. The Kier molecular flexibility index (Phi) is 3.32. The van der Waals surface area contributed by atoms with E-state index in [-0.39, 0.29) is 28.3 Å². The van der Waals surface area contributed by atoms with Crippen molar-refractivity contribution in [2.45, 2.75) is 46.5 Å². The zero-order chi connectivity index (χ0) is 11.6. The molecule has 3 heteroatoms. The average molecular weight is 210 g/mol. The molecular formula is C12H18O3. The number of aliphatic hydroxyl groups excluding tert-OH is 1. The van der Waals surface area contributed by atoms with E-state index < -0.39 is 0 Å². The second kappa shape index (κ2) is 4.17. The summed E-state index contributed by atoms with van der Waals surface area (Å²) in [5, 5.41) is 9.62. The van der Waals surface area contributed by atoms with Gasteiger partial charge in [-0.3, -0.25) is 9.59 Å². The van der Waals surface area contributed by atoms with Crippen LogP contribution in [0.4, 0.5) is 0 Å². The molecule has 0 heterocycles. The number of hydrogen-bond acceptors (Lipinski definition) is 3. The molecule has 1 rings (SSSR count). The largest absolute Gasteiger partial charge is 0.511 e. The van der Waals surface area contributed by atoms with Crippen LogP contribution in [-0.2, 0) is 9.59 Å². The Hall–Kier alpha value is -1.12. The Balaban J connectivity index is 2.98. The Morgan fingerprint density at radius 1 is 1.27 bits per heavy atom. The summed E-state index contributed by atoms with van der Waals surface area (Å²) in [5.74, 6) is -0.438. The summed E-state index contributed by atoms with van der Waals surface area (Å²) < 4.78 is 0. The van der Waals surface area contributed by atoms with Gasteiger partial charge in [0.05, 0.1) is 5.57 Å². The van der Waals surface area contributed by atoms with Crippen molar-refractivity contribution >= 4 is 11.6 Å². The standard InChI is InChI=1S/C12H18O3/c1-4-5-8(13)11-9(14)6-12(2,3)7-10(11)15/h13H,4-7H2,1-3H3. The Labute approximate surface area is 90.2 Å². The molecule has 0 aromatic rings. The van der Waals surface area contributed by atoms with Gasteiger partial charge in [0, 0.05) is 19.3 Å². The SMILES string of the molecule is CCCC(O)=C1C(=O)CC(C)(C)CC1=O. The summed E-state index contributed by atoms with van der Waals surface area (Å²) in [5.41, 5.74) is -0.208. The minimum absolute atomic E-state index is 0.0250. The lowest BCUT2D eigenvalue weighted by atomic mass is 9.73. The van der Waals surface area contributed by atoms with Crippen LogP contribution in [0.15, 0.2) is 11.3 Å². The van der Waals surface area contributed by atoms with Gasteiger partial charge in [-0.25, -0.2) is 0 Å². The van der Waals surface area contributed by atoms with Gasteiger partial charge in [-0.05, 0) is 11.8 Å². The molecule has 0 radical (unpaired) electrons. The highest BCUT2D eigenvalue weighted by molar-refractivity contribution is 6.22. The maximum atomic E-state index is 11.7. The number of allylic oxidation sites excluding steroid dienone is 2. The number of hydrogen-bond donors (Lipinski definition) is 1. The Morgan fingerprint density at radius 3 is 2.13 bits per heavy atom. The van der Waals surface area contributed by atoms with Crippen molar-refractivity contribution < 1.29 is 14.7 Å². The second-order valence-corrected chi connectivity index (χ2v) is 4.94. The lowest BCUT2D eigenvalue weighted by Crippen LogP contribution is -2.32. The highest BCUT2D eigenvalue weighted by Crippen LogP contribution is 2.34. The predicted molar refractivity (Wildman–Crippen MR) is 57.6 cm³/mol. The van der Waals surface area contributed by atoms with Gasteiger partial charge >= 0.3 is 0 Å². The molecule has 1 saturated carbocycles. The first-order valence-electron chi connectivity index (χ1n) is 5.36. The summed E-state index contributed by atoms with van der Waals surface area (Å²) in [7, 11) is 0. The summed E-state index contributed by atoms with van der Waals surface area (Å²) in [4.78, 5) is 23.4. The Morgan fingerprint density at radius 2 is 1.73 bits per heavy atom. The van der Waals surface area contributed by atoms with Crippen LogP contribution in [0.1, 0.15) is 46.5 Å². The van der Waals surface area contributed by atoms with Crippen molar-refractivity contribution in [2.75, 3.05) is 0 Å². The summed E-state index contributed by atoms with van der Waals surface area (Å²) >= 11 is 0. The first kappa shape index (κ1) is 12.0. The van der Waals surface area contributed by atoms with Gasteiger partial charge in [0.25, 0.3) is 0 Å². The van der Waals surface area contributed by atoms with Gasteiger partial charge in [0.15, 0.2) is 11.6 Å². The first-order valence-corrected chi connectivity index (χ1v) is 5.36. The van der Waals surface area contributed by atoms with E-state index in [0.29, 0.717) is 19.3 Å². The van der Waals surface area contributed by atoms with Gasteiger partial charge in [-0.2, -0.15) is 0 Å². The number of ketones is 2. The molecule has 0 bridgehead atoms. The third kappa shape index (κ3) is 2.67. The fourth-order valence-electron chi connectivity index (χ4n) is 1.95. The molecule has 1 N–H and O–H groups in total. The lowest BCUT2D eigenvalue weighted by molar-refractivity contribution is -0.127. The molecule has 0 unspecified atom stereocenters. The molecule has 0 atom stereocenters. The van der Waals surface area contributed by atoms with Crippen molar-refractivity contribution in [1.29, 1.82) is 0 Å². The highest BCUT2D eigenvalue weighted by Gasteiger charge is 2.37. The van der Waals surface area contributed by atoms with E-state index in [2.05, 4.69) is 0 Å². The number of carbonyl (C=O) groups excluding carboxylic acids is 2. The second-order valence-electron chi connectivity index (χ2n) is 4.94. The number of aliphatic hydroxyl groups is 1. The molecular weight excluding hydrogens is 192 g/mol. The van der Waals surface area contributed by atoms with Crippen molar-refractivity contribution in [3.05, 3.63) is 11.3 Å². The average Bonchev–Trinajstić information content (AvgIpc) is 1.99. The number of Topliss-reactive ketones (excluding diaryl/α,β-unsaturated/α-hetero) is 2. The van der Waals surface area contributed by atoms with Gasteiger partial charge in [-0.1, -0.05) is 20.8 Å². The first-order chi connectivity index (χ1) is 6.87. The zero-order valence-electron chi connectivity index (χ0n) is 9.59. The van der Waals surface area contributed by atoms with Crippen molar-refractivity contribution in [2.24, 2.45) is 5.41 Å². The molecule has 15 heavy (non-hydrogen) atoms. The van der Waals surface area contributed by atoms with Crippen LogP contribution < -0.4 is 0 Å². The van der Waals surface area contributed by atoms with E-state index in [1.54, 1.807) is 0 Å². The maximum Gasteiger partial charge on any atom is 0.170 e. The maximum absolute atomic E-state index is 11.7. The molecule has 84 valence electrons. The summed E-state index contributed by atoms with van der Waals surface area (Å²) in [6, 6.07) is 0. The monoisotopic (exact) mass is 210 g/mol. The van der Waals surface area contributed by atoms with E-state index in [1.807, 2.05) is 20.8 Å². The number of rotatable bonds is 2. The van der Waals surface area contributed by atoms with Crippen LogP contribution in [-0.4, -0.2) is 16.7 Å². The summed E-state index contributed by atoms with van der Waals surface area (Å²) in [6.07, 6.45) is 1.84. The van der Waals surface area contributed by atoms with Crippen LogP contribution in [0.2, 0.25) is 0 Å². The van der Waals surface area contributed by atoms with Crippen LogP contribution in [0.3, 0.4) is 0 Å².